The molecule has 0 bridgehead atoms. The molecule has 0 aliphatic rings. The van der Waals surface area contributed by atoms with Gasteiger partial charge in [0.1, 0.15) is 0 Å². The minimum atomic E-state index is -0.355. The molecule has 1 aromatic carbocycles. The summed E-state index contributed by atoms with van der Waals surface area (Å²) in [4.78, 5) is 16.9. The largest absolute Gasteiger partial charge is 0.465 e. The van der Waals surface area contributed by atoms with E-state index in [1.54, 1.807) is 24.0 Å². The Hall–Kier alpha value is -1.81. The first kappa shape index (κ1) is 14.6. The van der Waals surface area contributed by atoms with Crippen LogP contribution in [0.5, 0.6) is 0 Å². The van der Waals surface area contributed by atoms with E-state index in [2.05, 4.69) is 41.8 Å². The molecule has 0 unspecified atom stereocenters. The molecule has 0 radical (unpaired) electrons. The van der Waals surface area contributed by atoms with Gasteiger partial charge in [-0.1, -0.05) is 17.7 Å². The lowest BCUT2D eigenvalue weighted by molar-refractivity contribution is 0.0600. The molecule has 4 heteroatoms. The molecule has 2 rings (SSSR count). The predicted octanol–water partition coefficient (Wildman–Crippen LogP) is 3.78. The molecule has 0 fully saturated rings. The van der Waals surface area contributed by atoms with Crippen LogP contribution in [0.3, 0.4) is 0 Å². The Labute approximate surface area is 123 Å². The molecule has 0 aliphatic carbocycles. The lowest BCUT2D eigenvalue weighted by Gasteiger charge is -2.07. The van der Waals surface area contributed by atoms with Gasteiger partial charge in [-0.15, -0.1) is 11.8 Å². The molecule has 3 nitrogen and oxygen atoms in total. The number of ether oxygens (including phenoxy) is 1. The van der Waals surface area contributed by atoms with Crippen molar-refractivity contribution in [2.24, 2.45) is 0 Å². The van der Waals surface area contributed by atoms with Crippen molar-refractivity contribution in [2.45, 2.75) is 24.5 Å². The van der Waals surface area contributed by atoms with Gasteiger partial charge in [-0.3, -0.25) is 4.98 Å². The zero-order valence-corrected chi connectivity index (χ0v) is 12.7. The fraction of sp³-hybridized carbons (Fsp3) is 0.250. The second kappa shape index (κ2) is 6.57. The number of carbonyl (C=O) groups excluding carboxylic acids is 1. The molecule has 0 saturated heterocycles. The minimum absolute atomic E-state index is 0.355. The highest BCUT2D eigenvalue weighted by Gasteiger charge is 2.06. The summed E-state index contributed by atoms with van der Waals surface area (Å²) in [6, 6.07) is 10.0. The van der Waals surface area contributed by atoms with E-state index in [1.165, 1.54) is 23.1 Å². The number of nitrogens with zero attached hydrogens (tertiary/aromatic N) is 1. The van der Waals surface area contributed by atoms with Gasteiger partial charge in [-0.2, -0.15) is 0 Å². The lowest BCUT2D eigenvalue weighted by atomic mass is 10.2. The maximum atomic E-state index is 11.3. The lowest BCUT2D eigenvalue weighted by Crippen LogP contribution is -2.02. The molecule has 1 heterocycles. The first-order valence-electron chi connectivity index (χ1n) is 6.33. The van der Waals surface area contributed by atoms with Gasteiger partial charge in [0, 0.05) is 16.8 Å². The van der Waals surface area contributed by atoms with Gasteiger partial charge in [0.15, 0.2) is 0 Å². The number of aryl methyl sites for hydroxylation is 2. The summed E-state index contributed by atoms with van der Waals surface area (Å²) in [6.07, 6.45) is 1.56. The molecule has 0 aliphatic heterocycles. The second-order valence-electron chi connectivity index (χ2n) is 4.59. The fourth-order valence-corrected chi connectivity index (χ4v) is 2.80. The number of pyridine rings is 1. The molecule has 104 valence electrons. The summed E-state index contributed by atoms with van der Waals surface area (Å²) >= 11 is 1.76. The zero-order chi connectivity index (χ0) is 14.5. The number of benzene rings is 1. The van der Waals surface area contributed by atoms with E-state index in [9.17, 15) is 4.79 Å². The molecule has 0 atom stereocenters. The Kier molecular flexibility index (Phi) is 4.79. The maximum absolute atomic E-state index is 11.3. The minimum Gasteiger partial charge on any atom is -0.465 e. The first-order chi connectivity index (χ1) is 9.60. The number of rotatable bonds is 4. The predicted molar refractivity (Wildman–Crippen MR) is 81.1 cm³/mol. The summed E-state index contributed by atoms with van der Waals surface area (Å²) < 4.78 is 4.65. The third-order valence-corrected chi connectivity index (χ3v) is 4.16. The van der Waals surface area contributed by atoms with Crippen molar-refractivity contribution in [2.75, 3.05) is 7.11 Å². The van der Waals surface area contributed by atoms with Gasteiger partial charge in [0.05, 0.1) is 18.4 Å². The van der Waals surface area contributed by atoms with Gasteiger partial charge in [-0.05, 0) is 37.6 Å². The second-order valence-corrected chi connectivity index (χ2v) is 5.60. The number of hydrogen-bond donors (Lipinski definition) is 0. The Bertz CT molecular complexity index is 608. The van der Waals surface area contributed by atoms with Crippen LogP contribution in [0.15, 0.2) is 41.4 Å². The van der Waals surface area contributed by atoms with Crippen molar-refractivity contribution in [1.29, 1.82) is 0 Å². The normalized spacial score (nSPS) is 10.3. The standard InChI is InChI=1S/C16H17NO2S/c1-11-4-5-12(2)15(8-11)20-10-14-7-6-13(9-17-14)16(18)19-3/h4-9H,10H2,1-3H3. The quantitative estimate of drug-likeness (QED) is 0.634. The molecule has 0 saturated carbocycles. The third kappa shape index (κ3) is 3.61. The van der Waals surface area contributed by atoms with Crippen molar-refractivity contribution in [3.63, 3.8) is 0 Å². The highest BCUT2D eigenvalue weighted by atomic mass is 32.2. The molecule has 1 aromatic heterocycles. The smallest absolute Gasteiger partial charge is 0.339 e. The molecule has 20 heavy (non-hydrogen) atoms. The third-order valence-electron chi connectivity index (χ3n) is 2.97. The van der Waals surface area contributed by atoms with Crippen LogP contribution in [-0.4, -0.2) is 18.1 Å². The van der Waals surface area contributed by atoms with E-state index in [-0.39, 0.29) is 5.97 Å². The highest BCUT2D eigenvalue weighted by molar-refractivity contribution is 7.98. The average molecular weight is 287 g/mol. The van der Waals surface area contributed by atoms with Crippen LogP contribution in [0.4, 0.5) is 0 Å². The summed E-state index contributed by atoms with van der Waals surface area (Å²) in [5, 5.41) is 0. The summed E-state index contributed by atoms with van der Waals surface area (Å²) in [5.74, 6) is 0.428. The van der Waals surface area contributed by atoms with Crippen molar-refractivity contribution < 1.29 is 9.53 Å². The summed E-state index contributed by atoms with van der Waals surface area (Å²) in [5.41, 5.74) is 3.95. The van der Waals surface area contributed by atoms with Crippen LogP contribution in [0.25, 0.3) is 0 Å². The SMILES string of the molecule is COC(=O)c1ccc(CSc2cc(C)ccc2C)nc1. The number of aromatic nitrogens is 1. The van der Waals surface area contributed by atoms with Gasteiger partial charge >= 0.3 is 5.97 Å². The Balaban J connectivity index is 2.04. The highest BCUT2D eigenvalue weighted by Crippen LogP contribution is 2.26. The van der Waals surface area contributed by atoms with Gasteiger partial charge in [0.25, 0.3) is 0 Å². The van der Waals surface area contributed by atoms with E-state index in [4.69, 9.17) is 0 Å². The van der Waals surface area contributed by atoms with Crippen LogP contribution in [0.2, 0.25) is 0 Å². The monoisotopic (exact) mass is 287 g/mol. The number of methoxy groups -OCH3 is 1. The van der Waals surface area contributed by atoms with E-state index in [0.29, 0.717) is 5.56 Å². The van der Waals surface area contributed by atoms with Gasteiger partial charge < -0.3 is 4.74 Å². The zero-order valence-electron chi connectivity index (χ0n) is 11.8. The molecule has 0 spiro atoms. The van der Waals surface area contributed by atoms with Crippen molar-refractivity contribution in [3.8, 4) is 0 Å². The van der Waals surface area contributed by atoms with Gasteiger partial charge in [0.2, 0.25) is 0 Å². The van der Waals surface area contributed by atoms with Crippen molar-refractivity contribution in [1.82, 2.24) is 4.98 Å². The maximum Gasteiger partial charge on any atom is 0.339 e. The van der Waals surface area contributed by atoms with E-state index in [0.717, 1.165) is 11.4 Å². The first-order valence-corrected chi connectivity index (χ1v) is 7.32. The topological polar surface area (TPSA) is 39.2 Å². The Morgan fingerprint density at radius 3 is 2.70 bits per heavy atom. The number of carbonyl (C=O) groups is 1. The van der Waals surface area contributed by atoms with Crippen molar-refractivity contribution in [3.05, 3.63) is 58.9 Å². The van der Waals surface area contributed by atoms with Crippen LogP contribution in [-0.2, 0) is 10.5 Å². The van der Waals surface area contributed by atoms with Crippen LogP contribution < -0.4 is 0 Å². The molecule has 0 N–H and O–H groups in total. The summed E-state index contributed by atoms with van der Waals surface area (Å²) in [6.45, 7) is 4.20. The molecular formula is C16H17NO2S. The molecule has 2 aromatic rings. The number of thioether (sulfide) groups is 1. The fourth-order valence-electron chi connectivity index (χ4n) is 1.76. The molecular weight excluding hydrogens is 270 g/mol. The average Bonchev–Trinajstić information content (AvgIpc) is 2.48. The molecule has 0 amide bonds. The van der Waals surface area contributed by atoms with E-state index in [1.807, 2.05) is 6.07 Å². The number of hydrogen-bond acceptors (Lipinski definition) is 4. The van der Waals surface area contributed by atoms with Gasteiger partial charge in [-0.25, -0.2) is 4.79 Å². The Morgan fingerprint density at radius 2 is 2.05 bits per heavy atom. The summed E-state index contributed by atoms with van der Waals surface area (Å²) in [7, 11) is 1.37. The van der Waals surface area contributed by atoms with Crippen LogP contribution in [0.1, 0.15) is 27.2 Å². The van der Waals surface area contributed by atoms with Crippen molar-refractivity contribution >= 4 is 17.7 Å². The van der Waals surface area contributed by atoms with E-state index < -0.39 is 0 Å². The van der Waals surface area contributed by atoms with E-state index >= 15 is 0 Å². The van der Waals surface area contributed by atoms with Crippen LogP contribution in [0, 0.1) is 13.8 Å². The Morgan fingerprint density at radius 1 is 1.25 bits per heavy atom. The number of esters is 1. The van der Waals surface area contributed by atoms with Crippen LogP contribution >= 0.6 is 11.8 Å².